The molecule has 4 rings (SSSR count). The number of hydrogen-bond donors (Lipinski definition) is 1. The third-order valence-corrected chi connectivity index (χ3v) is 6.00. The fourth-order valence-electron chi connectivity index (χ4n) is 4.56. The lowest BCUT2D eigenvalue weighted by atomic mass is 9.80. The predicted molar refractivity (Wildman–Crippen MR) is 119 cm³/mol. The summed E-state index contributed by atoms with van der Waals surface area (Å²) in [6, 6.07) is 30.5. The van der Waals surface area contributed by atoms with E-state index in [1.54, 1.807) is 0 Å². The number of benzene rings is 3. The Morgan fingerprint density at radius 1 is 0.839 bits per heavy atom. The van der Waals surface area contributed by atoms with E-state index in [1.807, 2.05) is 54.6 Å². The number of aliphatic hydroxyl groups is 1. The summed E-state index contributed by atoms with van der Waals surface area (Å²) in [5, 5.41) is 10.6. The Morgan fingerprint density at radius 3 is 1.71 bits per heavy atom. The Bertz CT molecular complexity index is 875. The summed E-state index contributed by atoms with van der Waals surface area (Å²) in [6.07, 6.45) is 0.211. The number of aliphatic hydroxyl groups excluding tert-OH is 1. The molecule has 3 aromatic rings. The van der Waals surface area contributed by atoms with E-state index in [1.165, 1.54) is 6.92 Å². The molecular weight excluding hydrogens is 388 g/mol. The van der Waals surface area contributed by atoms with Crippen molar-refractivity contribution in [2.45, 2.75) is 37.6 Å². The van der Waals surface area contributed by atoms with E-state index in [0.717, 1.165) is 16.7 Å². The predicted octanol–water partition coefficient (Wildman–Crippen LogP) is 4.70. The molecule has 160 valence electrons. The van der Waals surface area contributed by atoms with Crippen molar-refractivity contribution in [2.75, 3.05) is 6.61 Å². The largest absolute Gasteiger partial charge is 0.462 e. The normalized spacial score (nSPS) is 21.0. The first kappa shape index (κ1) is 21.3. The van der Waals surface area contributed by atoms with Crippen molar-refractivity contribution in [2.24, 2.45) is 5.92 Å². The van der Waals surface area contributed by atoms with Crippen LogP contribution in [0.2, 0.25) is 0 Å². The van der Waals surface area contributed by atoms with E-state index in [4.69, 9.17) is 9.47 Å². The van der Waals surface area contributed by atoms with Crippen LogP contribution in [-0.4, -0.2) is 29.9 Å². The van der Waals surface area contributed by atoms with Gasteiger partial charge < -0.3 is 14.6 Å². The highest BCUT2D eigenvalue weighted by Crippen LogP contribution is 2.42. The van der Waals surface area contributed by atoms with Gasteiger partial charge in [0.25, 0.3) is 0 Å². The number of esters is 1. The first-order valence-electron chi connectivity index (χ1n) is 10.8. The van der Waals surface area contributed by atoms with Gasteiger partial charge in [-0.2, -0.15) is 0 Å². The highest BCUT2D eigenvalue weighted by molar-refractivity contribution is 5.66. The minimum atomic E-state index is -0.816. The van der Waals surface area contributed by atoms with Gasteiger partial charge in [-0.1, -0.05) is 91.0 Å². The second-order valence-corrected chi connectivity index (χ2v) is 8.12. The zero-order valence-corrected chi connectivity index (χ0v) is 17.7. The number of rotatable bonds is 7. The Balaban J connectivity index is 1.72. The fourth-order valence-corrected chi connectivity index (χ4v) is 4.56. The van der Waals surface area contributed by atoms with Gasteiger partial charge in [0, 0.05) is 19.3 Å². The molecule has 1 saturated carbocycles. The third kappa shape index (κ3) is 4.55. The van der Waals surface area contributed by atoms with E-state index in [-0.39, 0.29) is 18.0 Å². The van der Waals surface area contributed by atoms with E-state index < -0.39 is 11.7 Å². The van der Waals surface area contributed by atoms with Crippen LogP contribution in [0.1, 0.15) is 36.5 Å². The highest BCUT2D eigenvalue weighted by Gasteiger charge is 2.41. The summed E-state index contributed by atoms with van der Waals surface area (Å²) in [5.74, 6) is -0.425. The van der Waals surface area contributed by atoms with Gasteiger partial charge in [0.2, 0.25) is 0 Å². The Morgan fingerprint density at radius 2 is 1.29 bits per heavy atom. The molecule has 0 bridgehead atoms. The van der Waals surface area contributed by atoms with Gasteiger partial charge in [0.1, 0.15) is 11.7 Å². The number of carbonyl (C=O) groups excluding carboxylic acids is 1. The maximum atomic E-state index is 11.4. The molecule has 0 spiro atoms. The average molecular weight is 417 g/mol. The van der Waals surface area contributed by atoms with Crippen molar-refractivity contribution in [3.05, 3.63) is 108 Å². The van der Waals surface area contributed by atoms with Crippen LogP contribution in [0.3, 0.4) is 0 Å². The van der Waals surface area contributed by atoms with Gasteiger partial charge >= 0.3 is 5.97 Å². The van der Waals surface area contributed by atoms with Crippen LogP contribution in [-0.2, 0) is 19.9 Å². The zero-order valence-electron chi connectivity index (χ0n) is 17.7. The van der Waals surface area contributed by atoms with Crippen LogP contribution >= 0.6 is 0 Å². The molecule has 1 N–H and O–H groups in total. The zero-order chi connectivity index (χ0) is 21.7. The summed E-state index contributed by atoms with van der Waals surface area (Å²) in [7, 11) is 0. The molecule has 1 aliphatic rings. The molecule has 0 unspecified atom stereocenters. The average Bonchev–Trinajstić information content (AvgIpc) is 3.14. The van der Waals surface area contributed by atoms with Crippen molar-refractivity contribution in [3.8, 4) is 0 Å². The summed E-state index contributed by atoms with van der Waals surface area (Å²) < 4.78 is 12.1. The minimum absolute atomic E-state index is 0.111. The molecule has 4 heteroatoms. The topological polar surface area (TPSA) is 55.8 Å². The SMILES string of the molecule is CC(=O)O[C@H]1C[C@H](COC(c2ccccc2)(c2ccccc2)c2ccccc2)[C@@H](O)C1. The van der Waals surface area contributed by atoms with Crippen LogP contribution in [0.5, 0.6) is 0 Å². The summed E-state index contributed by atoms with van der Waals surface area (Å²) in [6.45, 7) is 1.75. The Labute approximate surface area is 183 Å². The number of carbonyl (C=O) groups is 1. The minimum Gasteiger partial charge on any atom is -0.462 e. The van der Waals surface area contributed by atoms with E-state index in [9.17, 15) is 9.90 Å². The van der Waals surface area contributed by atoms with Crippen molar-refractivity contribution >= 4 is 5.97 Å². The molecule has 0 saturated heterocycles. The molecule has 4 nitrogen and oxygen atoms in total. The molecule has 3 atom stereocenters. The van der Waals surface area contributed by atoms with Crippen LogP contribution < -0.4 is 0 Å². The molecular formula is C27H28O4. The van der Waals surface area contributed by atoms with Crippen LogP contribution in [0.15, 0.2) is 91.0 Å². The van der Waals surface area contributed by atoms with E-state index in [2.05, 4.69) is 36.4 Å². The van der Waals surface area contributed by atoms with Crippen molar-refractivity contribution in [3.63, 3.8) is 0 Å². The van der Waals surface area contributed by atoms with Crippen molar-refractivity contribution < 1.29 is 19.4 Å². The molecule has 0 aliphatic heterocycles. The van der Waals surface area contributed by atoms with Gasteiger partial charge in [0.05, 0.1) is 12.7 Å². The molecule has 0 radical (unpaired) electrons. The Hall–Kier alpha value is -2.95. The van der Waals surface area contributed by atoms with Gasteiger partial charge in [-0.3, -0.25) is 4.79 Å². The molecule has 1 aliphatic carbocycles. The Kier molecular flexibility index (Phi) is 6.50. The first-order valence-corrected chi connectivity index (χ1v) is 10.8. The molecule has 0 aromatic heterocycles. The molecule has 1 fully saturated rings. The third-order valence-electron chi connectivity index (χ3n) is 6.00. The number of hydrogen-bond acceptors (Lipinski definition) is 4. The maximum Gasteiger partial charge on any atom is 0.302 e. The molecule has 0 amide bonds. The van der Waals surface area contributed by atoms with E-state index >= 15 is 0 Å². The second kappa shape index (κ2) is 9.46. The van der Waals surface area contributed by atoms with E-state index in [0.29, 0.717) is 19.4 Å². The van der Waals surface area contributed by atoms with Crippen LogP contribution in [0.25, 0.3) is 0 Å². The monoisotopic (exact) mass is 416 g/mol. The van der Waals surface area contributed by atoms with Crippen molar-refractivity contribution in [1.29, 1.82) is 0 Å². The lowest BCUT2D eigenvalue weighted by molar-refractivity contribution is -0.146. The van der Waals surface area contributed by atoms with Crippen LogP contribution in [0.4, 0.5) is 0 Å². The smallest absolute Gasteiger partial charge is 0.302 e. The quantitative estimate of drug-likeness (QED) is 0.448. The van der Waals surface area contributed by atoms with Gasteiger partial charge in [-0.25, -0.2) is 0 Å². The lowest BCUT2D eigenvalue weighted by Crippen LogP contribution is -2.35. The fraction of sp³-hybridized carbons (Fsp3) is 0.296. The summed E-state index contributed by atoms with van der Waals surface area (Å²) in [5.41, 5.74) is 2.26. The molecule has 31 heavy (non-hydrogen) atoms. The standard InChI is InChI=1S/C27H28O4/c1-20(28)31-25-17-21(26(29)18-25)19-30-27(22-11-5-2-6-12-22,23-13-7-3-8-14-23)24-15-9-4-10-16-24/h2-16,21,25-26,29H,17-19H2,1H3/t21-,25+,26+/m1/s1. The maximum absolute atomic E-state index is 11.4. The summed E-state index contributed by atoms with van der Waals surface area (Å²) >= 11 is 0. The number of ether oxygens (including phenoxy) is 2. The van der Waals surface area contributed by atoms with Gasteiger partial charge in [-0.05, 0) is 23.1 Å². The second-order valence-electron chi connectivity index (χ2n) is 8.12. The highest BCUT2D eigenvalue weighted by atomic mass is 16.5. The van der Waals surface area contributed by atoms with Gasteiger partial charge in [-0.15, -0.1) is 0 Å². The van der Waals surface area contributed by atoms with Crippen LogP contribution in [0, 0.1) is 5.92 Å². The summed E-state index contributed by atoms with van der Waals surface area (Å²) in [4.78, 5) is 11.4. The van der Waals surface area contributed by atoms with Gasteiger partial charge in [0.15, 0.2) is 0 Å². The molecule has 0 heterocycles. The molecule has 3 aromatic carbocycles. The first-order chi connectivity index (χ1) is 15.1. The lowest BCUT2D eigenvalue weighted by Gasteiger charge is -2.37. The van der Waals surface area contributed by atoms with Crippen molar-refractivity contribution in [1.82, 2.24) is 0 Å².